The van der Waals surface area contributed by atoms with E-state index >= 15 is 0 Å². The number of pyridine rings is 1. The zero-order valence-corrected chi connectivity index (χ0v) is 14.5. The molecule has 0 atom stereocenters. The van der Waals surface area contributed by atoms with E-state index < -0.39 is 5.97 Å². The molecular formula is C19H15ClN2O3. The van der Waals surface area contributed by atoms with E-state index in [2.05, 4.69) is 0 Å². The first-order valence-electron chi connectivity index (χ1n) is 7.93. The van der Waals surface area contributed by atoms with E-state index in [4.69, 9.17) is 16.3 Å². The van der Waals surface area contributed by atoms with Gasteiger partial charge in [-0.1, -0.05) is 23.7 Å². The maximum atomic E-state index is 13.0. The van der Waals surface area contributed by atoms with Crippen molar-refractivity contribution in [1.82, 2.24) is 8.97 Å². The summed E-state index contributed by atoms with van der Waals surface area (Å²) >= 11 is 6.17. The molecular weight excluding hydrogens is 340 g/mol. The Morgan fingerprint density at radius 3 is 2.56 bits per heavy atom. The van der Waals surface area contributed by atoms with Gasteiger partial charge in [0.2, 0.25) is 5.43 Å². The maximum Gasteiger partial charge on any atom is 0.345 e. The van der Waals surface area contributed by atoms with Crippen LogP contribution in [0.4, 0.5) is 0 Å². The normalized spacial score (nSPS) is 11.5. The van der Waals surface area contributed by atoms with E-state index in [0.29, 0.717) is 21.6 Å². The molecule has 4 rings (SSSR count). The number of carbonyl (C=O) groups excluding carboxylic acids is 1. The molecule has 2 aromatic carbocycles. The smallest absolute Gasteiger partial charge is 0.345 e. The van der Waals surface area contributed by atoms with Gasteiger partial charge in [0.25, 0.3) is 0 Å². The second-order valence-corrected chi connectivity index (χ2v) is 6.23. The van der Waals surface area contributed by atoms with Crippen molar-refractivity contribution in [1.29, 1.82) is 0 Å². The number of hydrogen-bond acceptors (Lipinski definition) is 3. The molecule has 0 fully saturated rings. The summed E-state index contributed by atoms with van der Waals surface area (Å²) in [5.41, 5.74) is 2.64. The predicted molar refractivity (Wildman–Crippen MR) is 98.6 cm³/mol. The number of aromatic nitrogens is 2. The van der Waals surface area contributed by atoms with Crippen molar-refractivity contribution in [2.24, 2.45) is 7.05 Å². The zero-order chi connectivity index (χ0) is 17.7. The molecule has 25 heavy (non-hydrogen) atoms. The quantitative estimate of drug-likeness (QED) is 0.515. The molecule has 0 unspecified atom stereocenters. The molecule has 6 heteroatoms. The van der Waals surface area contributed by atoms with Crippen LogP contribution in [-0.2, 0) is 11.8 Å². The molecule has 0 bridgehead atoms. The van der Waals surface area contributed by atoms with Gasteiger partial charge in [-0.2, -0.15) is 0 Å². The monoisotopic (exact) mass is 354 g/mol. The molecule has 2 aromatic heterocycles. The van der Waals surface area contributed by atoms with E-state index in [9.17, 15) is 9.59 Å². The molecule has 0 amide bonds. The van der Waals surface area contributed by atoms with Crippen molar-refractivity contribution in [2.45, 2.75) is 6.92 Å². The highest BCUT2D eigenvalue weighted by Crippen LogP contribution is 2.27. The fourth-order valence-electron chi connectivity index (χ4n) is 3.34. The number of fused-ring (bicyclic) bond motifs is 5. The van der Waals surface area contributed by atoms with Crippen LogP contribution >= 0.6 is 11.6 Å². The summed E-state index contributed by atoms with van der Waals surface area (Å²) in [4.78, 5) is 25.6. The van der Waals surface area contributed by atoms with Crippen molar-refractivity contribution in [3.05, 3.63) is 63.3 Å². The van der Waals surface area contributed by atoms with Crippen LogP contribution in [0.2, 0.25) is 5.02 Å². The second-order valence-electron chi connectivity index (χ2n) is 5.79. The number of hydrogen-bond donors (Lipinski definition) is 0. The van der Waals surface area contributed by atoms with Gasteiger partial charge in [-0.3, -0.25) is 9.20 Å². The lowest BCUT2D eigenvalue weighted by atomic mass is 10.1. The Morgan fingerprint density at radius 2 is 1.84 bits per heavy atom. The van der Waals surface area contributed by atoms with Gasteiger partial charge in [-0.15, -0.1) is 0 Å². The Hall–Kier alpha value is -2.79. The Labute approximate surface area is 148 Å². The minimum Gasteiger partial charge on any atom is -0.462 e. The van der Waals surface area contributed by atoms with Crippen LogP contribution in [0.3, 0.4) is 0 Å². The summed E-state index contributed by atoms with van der Waals surface area (Å²) in [6.07, 6.45) is 0. The summed E-state index contributed by atoms with van der Waals surface area (Å²) < 4.78 is 8.88. The number of carbonyl (C=O) groups is 1. The van der Waals surface area contributed by atoms with E-state index in [0.717, 1.165) is 11.0 Å². The number of rotatable bonds is 2. The Morgan fingerprint density at radius 1 is 1.12 bits per heavy atom. The number of para-hydroxylation sites is 2. The maximum absolute atomic E-state index is 13.0. The van der Waals surface area contributed by atoms with Gasteiger partial charge in [-0.05, 0) is 37.3 Å². The minimum atomic E-state index is -0.618. The highest BCUT2D eigenvalue weighted by atomic mass is 35.5. The number of ether oxygens (including phenoxy) is 1. The molecule has 0 radical (unpaired) electrons. The van der Waals surface area contributed by atoms with Gasteiger partial charge >= 0.3 is 5.97 Å². The van der Waals surface area contributed by atoms with Crippen LogP contribution in [-0.4, -0.2) is 21.5 Å². The fraction of sp³-hybridized carbons (Fsp3) is 0.158. The van der Waals surface area contributed by atoms with Crippen LogP contribution < -0.4 is 5.43 Å². The van der Waals surface area contributed by atoms with Crippen molar-refractivity contribution in [3.63, 3.8) is 0 Å². The zero-order valence-electron chi connectivity index (χ0n) is 13.7. The number of aryl methyl sites for hydroxylation is 1. The third-order valence-electron chi connectivity index (χ3n) is 4.39. The Balaban J connectivity index is 2.36. The Bertz CT molecular complexity index is 1220. The third kappa shape index (κ3) is 2.16. The molecule has 4 aromatic rings. The first-order valence-corrected chi connectivity index (χ1v) is 8.31. The third-order valence-corrected chi connectivity index (χ3v) is 4.62. The van der Waals surface area contributed by atoms with Crippen LogP contribution in [0.15, 0.2) is 47.3 Å². The number of nitrogens with zero attached hydrogens (tertiary/aromatic N) is 2. The predicted octanol–water partition coefficient (Wildman–Crippen LogP) is 3.77. The number of esters is 1. The first-order chi connectivity index (χ1) is 12.0. The molecule has 0 N–H and O–H groups in total. The first kappa shape index (κ1) is 15.7. The fourth-order valence-corrected chi connectivity index (χ4v) is 3.51. The van der Waals surface area contributed by atoms with Gasteiger partial charge in [-0.25, -0.2) is 4.79 Å². The summed E-state index contributed by atoms with van der Waals surface area (Å²) in [6, 6.07) is 12.8. The minimum absolute atomic E-state index is 0.0374. The summed E-state index contributed by atoms with van der Waals surface area (Å²) in [6.45, 7) is 1.92. The largest absolute Gasteiger partial charge is 0.462 e. The van der Waals surface area contributed by atoms with Gasteiger partial charge in [0.1, 0.15) is 11.2 Å². The molecule has 5 nitrogen and oxygen atoms in total. The number of halogens is 1. The lowest BCUT2D eigenvalue weighted by Crippen LogP contribution is -2.21. The highest BCUT2D eigenvalue weighted by Gasteiger charge is 2.24. The van der Waals surface area contributed by atoms with Gasteiger partial charge < -0.3 is 9.30 Å². The molecule has 0 spiro atoms. The van der Waals surface area contributed by atoms with E-state index in [1.165, 1.54) is 0 Å². The molecule has 0 aliphatic rings. The lowest BCUT2D eigenvalue weighted by molar-refractivity contribution is 0.0526. The molecule has 0 aliphatic heterocycles. The van der Waals surface area contributed by atoms with E-state index in [1.54, 1.807) is 25.1 Å². The van der Waals surface area contributed by atoms with Crippen LogP contribution in [0.1, 0.15) is 17.3 Å². The van der Waals surface area contributed by atoms with Crippen molar-refractivity contribution in [2.75, 3.05) is 6.61 Å². The van der Waals surface area contributed by atoms with Gasteiger partial charge in [0.15, 0.2) is 0 Å². The number of benzene rings is 2. The summed E-state index contributed by atoms with van der Waals surface area (Å²) in [7, 11) is 1.83. The average Bonchev–Trinajstić information content (AvgIpc) is 2.89. The lowest BCUT2D eigenvalue weighted by Gasteiger charge is -2.10. The van der Waals surface area contributed by atoms with Crippen LogP contribution in [0, 0.1) is 0 Å². The van der Waals surface area contributed by atoms with Crippen molar-refractivity contribution in [3.8, 4) is 0 Å². The second kappa shape index (κ2) is 5.63. The molecule has 0 aliphatic carbocycles. The van der Waals surface area contributed by atoms with E-state index in [1.807, 2.05) is 40.3 Å². The number of imidazole rings is 1. The van der Waals surface area contributed by atoms with Crippen LogP contribution in [0.5, 0.6) is 0 Å². The van der Waals surface area contributed by atoms with Gasteiger partial charge in [0.05, 0.1) is 23.2 Å². The molecule has 0 saturated carbocycles. The summed E-state index contributed by atoms with van der Waals surface area (Å²) in [5.74, 6) is -0.618. The Kier molecular flexibility index (Phi) is 3.54. The van der Waals surface area contributed by atoms with Crippen molar-refractivity contribution < 1.29 is 9.53 Å². The molecule has 126 valence electrons. The standard InChI is InChI=1S/C19H15ClN2O3/c1-3-25-19(24)16-17(23)12-9-8-11(20)10-15(12)22-14-7-5-4-6-13(14)21(2)18(16)22/h4-10H,3H2,1-2H3. The highest BCUT2D eigenvalue weighted by molar-refractivity contribution is 6.31. The topological polar surface area (TPSA) is 52.7 Å². The SMILES string of the molecule is CCOC(=O)c1c(=O)c2ccc(Cl)cc2n2c3ccccc3n(C)c12. The molecule has 2 heterocycles. The summed E-state index contributed by atoms with van der Waals surface area (Å²) in [5, 5.41) is 0.957. The van der Waals surface area contributed by atoms with E-state index in [-0.39, 0.29) is 17.6 Å². The molecule has 0 saturated heterocycles. The van der Waals surface area contributed by atoms with Crippen molar-refractivity contribution >= 4 is 45.2 Å². The van der Waals surface area contributed by atoms with Crippen LogP contribution in [0.25, 0.3) is 27.6 Å². The van der Waals surface area contributed by atoms with Gasteiger partial charge in [0, 0.05) is 17.5 Å². The average molecular weight is 355 g/mol.